The van der Waals surface area contributed by atoms with E-state index in [2.05, 4.69) is 26.6 Å². The highest BCUT2D eigenvalue weighted by molar-refractivity contribution is 9.10. The van der Waals surface area contributed by atoms with Gasteiger partial charge in [-0.05, 0) is 64.5 Å². The number of rotatable bonds is 3. The summed E-state index contributed by atoms with van der Waals surface area (Å²) in [6.07, 6.45) is 0. The fourth-order valence-electron chi connectivity index (χ4n) is 1.93. The van der Waals surface area contributed by atoms with Crippen LogP contribution in [0.3, 0.4) is 0 Å². The van der Waals surface area contributed by atoms with Gasteiger partial charge < -0.3 is 10.2 Å². The van der Waals surface area contributed by atoms with Crippen LogP contribution in [0.2, 0.25) is 0 Å². The first-order valence-electron chi connectivity index (χ1n) is 7.09. The van der Waals surface area contributed by atoms with Crippen LogP contribution < -0.4 is 15.5 Å². The highest BCUT2D eigenvalue weighted by atomic mass is 79.9. The molecule has 0 unspecified atom stereocenters. The standard InChI is InChI=1S/C17H16BrN3O2S/c1-11(22)21(2)13-9-7-12(8-10-13)19-17(24)20-16(23)14-5-3-4-6-15(14)18/h3-10H,1-2H3,(H2,19,20,23,24). The van der Waals surface area contributed by atoms with E-state index in [1.54, 1.807) is 49.5 Å². The predicted octanol–water partition coefficient (Wildman–Crippen LogP) is 3.56. The zero-order valence-electron chi connectivity index (χ0n) is 13.2. The SMILES string of the molecule is CC(=O)N(C)c1ccc(NC(=S)NC(=O)c2ccccc2Br)cc1. The number of carbonyl (C=O) groups is 2. The zero-order valence-corrected chi connectivity index (χ0v) is 15.6. The molecule has 0 saturated carbocycles. The number of thiocarbonyl (C=S) groups is 1. The number of anilines is 2. The summed E-state index contributed by atoms with van der Waals surface area (Å²) in [5.74, 6) is -0.347. The summed E-state index contributed by atoms with van der Waals surface area (Å²) in [6.45, 7) is 1.50. The van der Waals surface area contributed by atoms with Crippen molar-refractivity contribution < 1.29 is 9.59 Å². The lowest BCUT2D eigenvalue weighted by molar-refractivity contribution is -0.116. The number of hydrogen-bond donors (Lipinski definition) is 2. The van der Waals surface area contributed by atoms with Gasteiger partial charge in [-0.25, -0.2) is 0 Å². The van der Waals surface area contributed by atoms with Gasteiger partial charge in [-0.3, -0.25) is 14.9 Å². The van der Waals surface area contributed by atoms with Crippen molar-refractivity contribution in [2.75, 3.05) is 17.3 Å². The van der Waals surface area contributed by atoms with E-state index < -0.39 is 0 Å². The number of amides is 2. The Morgan fingerprint density at radius 3 is 2.29 bits per heavy atom. The van der Waals surface area contributed by atoms with Crippen LogP contribution in [0.15, 0.2) is 53.0 Å². The molecule has 0 saturated heterocycles. The van der Waals surface area contributed by atoms with Gasteiger partial charge in [0.05, 0.1) is 5.56 Å². The maximum atomic E-state index is 12.2. The average Bonchev–Trinajstić information content (AvgIpc) is 2.55. The molecule has 2 rings (SSSR count). The molecule has 0 aromatic heterocycles. The van der Waals surface area contributed by atoms with Crippen LogP contribution in [0, 0.1) is 0 Å². The molecule has 7 heteroatoms. The summed E-state index contributed by atoms with van der Waals surface area (Å²) < 4.78 is 0.696. The lowest BCUT2D eigenvalue weighted by atomic mass is 10.2. The van der Waals surface area contributed by atoms with Crippen LogP contribution in [0.4, 0.5) is 11.4 Å². The summed E-state index contributed by atoms with van der Waals surface area (Å²) >= 11 is 8.49. The second-order valence-electron chi connectivity index (χ2n) is 5.01. The van der Waals surface area contributed by atoms with Crippen LogP contribution in [0.25, 0.3) is 0 Å². The molecular formula is C17H16BrN3O2S. The maximum Gasteiger partial charge on any atom is 0.258 e. The molecule has 0 aliphatic rings. The molecule has 2 amide bonds. The highest BCUT2D eigenvalue weighted by Gasteiger charge is 2.11. The molecular weight excluding hydrogens is 390 g/mol. The Balaban J connectivity index is 1.99. The maximum absolute atomic E-state index is 12.2. The van der Waals surface area contributed by atoms with Crippen molar-refractivity contribution in [3.05, 3.63) is 58.6 Å². The molecule has 2 aromatic rings. The average molecular weight is 406 g/mol. The molecule has 0 aliphatic carbocycles. The first kappa shape index (κ1) is 18.1. The van der Waals surface area contributed by atoms with E-state index in [1.165, 1.54) is 11.8 Å². The van der Waals surface area contributed by atoms with Gasteiger partial charge in [-0.15, -0.1) is 0 Å². The summed E-state index contributed by atoms with van der Waals surface area (Å²) in [4.78, 5) is 25.0. The highest BCUT2D eigenvalue weighted by Crippen LogP contribution is 2.18. The molecule has 0 bridgehead atoms. The van der Waals surface area contributed by atoms with Gasteiger partial charge in [0.15, 0.2) is 5.11 Å². The quantitative estimate of drug-likeness (QED) is 0.766. The molecule has 0 atom stereocenters. The minimum Gasteiger partial charge on any atom is -0.332 e. The summed E-state index contributed by atoms with van der Waals surface area (Å²) in [5, 5.41) is 5.76. The first-order chi connectivity index (χ1) is 11.4. The minimum atomic E-state index is -0.298. The van der Waals surface area contributed by atoms with Gasteiger partial charge in [-0.2, -0.15) is 0 Å². The summed E-state index contributed by atoms with van der Waals surface area (Å²) in [7, 11) is 1.70. The monoisotopic (exact) mass is 405 g/mol. The lowest BCUT2D eigenvalue weighted by Gasteiger charge is -2.16. The van der Waals surface area contributed by atoms with E-state index in [4.69, 9.17) is 12.2 Å². The largest absolute Gasteiger partial charge is 0.332 e. The molecule has 0 fully saturated rings. The molecule has 24 heavy (non-hydrogen) atoms. The third-order valence-electron chi connectivity index (χ3n) is 3.33. The second kappa shape index (κ2) is 8.03. The number of carbonyl (C=O) groups excluding carboxylic acids is 2. The Morgan fingerprint density at radius 1 is 1.08 bits per heavy atom. The van der Waals surface area contributed by atoms with Crippen molar-refractivity contribution in [2.45, 2.75) is 6.92 Å². The number of benzene rings is 2. The Bertz CT molecular complexity index is 778. The van der Waals surface area contributed by atoms with Crippen molar-refractivity contribution in [3.63, 3.8) is 0 Å². The molecule has 0 radical (unpaired) electrons. The second-order valence-corrected chi connectivity index (χ2v) is 6.28. The van der Waals surface area contributed by atoms with Gasteiger partial charge in [-0.1, -0.05) is 12.1 Å². The molecule has 124 valence electrons. The van der Waals surface area contributed by atoms with Gasteiger partial charge in [0.2, 0.25) is 5.91 Å². The number of nitrogens with one attached hydrogen (secondary N) is 2. The van der Waals surface area contributed by atoms with Crippen molar-refractivity contribution in [1.82, 2.24) is 5.32 Å². The van der Waals surface area contributed by atoms with Gasteiger partial charge in [0.1, 0.15) is 0 Å². The van der Waals surface area contributed by atoms with Crippen molar-refractivity contribution in [2.24, 2.45) is 0 Å². The minimum absolute atomic E-state index is 0.0491. The third kappa shape index (κ3) is 4.62. The van der Waals surface area contributed by atoms with E-state index in [9.17, 15) is 9.59 Å². The van der Waals surface area contributed by atoms with E-state index in [-0.39, 0.29) is 16.9 Å². The summed E-state index contributed by atoms with van der Waals surface area (Å²) in [5.41, 5.74) is 1.99. The van der Waals surface area contributed by atoms with Gasteiger partial charge in [0.25, 0.3) is 5.91 Å². The van der Waals surface area contributed by atoms with E-state index in [0.29, 0.717) is 15.7 Å². The molecule has 2 N–H and O–H groups in total. The van der Waals surface area contributed by atoms with Crippen molar-refractivity contribution in [1.29, 1.82) is 0 Å². The van der Waals surface area contributed by atoms with Gasteiger partial charge in [0, 0.05) is 29.8 Å². The van der Waals surface area contributed by atoms with E-state index in [1.807, 2.05) is 6.07 Å². The van der Waals surface area contributed by atoms with Crippen LogP contribution in [-0.2, 0) is 4.79 Å². The van der Waals surface area contributed by atoms with Crippen LogP contribution in [-0.4, -0.2) is 24.0 Å². The van der Waals surface area contributed by atoms with Crippen molar-refractivity contribution >= 4 is 56.4 Å². The molecule has 5 nitrogen and oxygen atoms in total. The normalized spacial score (nSPS) is 9.96. The number of nitrogens with zero attached hydrogens (tertiary/aromatic N) is 1. The molecule has 2 aromatic carbocycles. The van der Waals surface area contributed by atoms with Gasteiger partial charge >= 0.3 is 0 Å². The number of halogens is 1. The fourth-order valence-corrected chi connectivity index (χ4v) is 2.60. The fraction of sp³-hybridized carbons (Fsp3) is 0.118. The topological polar surface area (TPSA) is 61.4 Å². The third-order valence-corrected chi connectivity index (χ3v) is 4.23. The number of hydrogen-bond acceptors (Lipinski definition) is 3. The Hall–Kier alpha value is -2.25. The Kier molecular flexibility index (Phi) is 6.05. The molecule has 0 heterocycles. The first-order valence-corrected chi connectivity index (χ1v) is 8.30. The Morgan fingerprint density at radius 2 is 1.71 bits per heavy atom. The Labute approximate surface area is 154 Å². The molecule has 0 spiro atoms. The van der Waals surface area contributed by atoms with Crippen molar-refractivity contribution in [3.8, 4) is 0 Å². The predicted molar refractivity (Wildman–Crippen MR) is 103 cm³/mol. The van der Waals surface area contributed by atoms with E-state index >= 15 is 0 Å². The zero-order chi connectivity index (χ0) is 17.7. The van der Waals surface area contributed by atoms with Crippen LogP contribution in [0.1, 0.15) is 17.3 Å². The van der Waals surface area contributed by atoms with Crippen LogP contribution >= 0.6 is 28.1 Å². The van der Waals surface area contributed by atoms with E-state index in [0.717, 1.165) is 5.69 Å². The molecule has 0 aliphatic heterocycles. The summed E-state index contributed by atoms with van der Waals surface area (Å²) in [6, 6.07) is 14.3. The lowest BCUT2D eigenvalue weighted by Crippen LogP contribution is -2.34. The smallest absolute Gasteiger partial charge is 0.258 e. The van der Waals surface area contributed by atoms with Crippen LogP contribution in [0.5, 0.6) is 0 Å².